The van der Waals surface area contributed by atoms with E-state index in [-0.39, 0.29) is 6.61 Å². The van der Waals surface area contributed by atoms with Gasteiger partial charge in [-0.1, -0.05) is 97.1 Å². The van der Waals surface area contributed by atoms with Crippen molar-refractivity contribution in [3.63, 3.8) is 0 Å². The number of carbonyl (C=O) groups excluding carboxylic acids is 2. The summed E-state index contributed by atoms with van der Waals surface area (Å²) in [4.78, 5) is 27.0. The summed E-state index contributed by atoms with van der Waals surface area (Å²) in [5.41, 5.74) is 4.62. The van der Waals surface area contributed by atoms with E-state index in [9.17, 15) is 9.59 Å². The molecule has 182 valence electrons. The summed E-state index contributed by atoms with van der Waals surface area (Å²) in [7, 11) is 0. The zero-order valence-corrected chi connectivity index (χ0v) is 19.8. The molecule has 0 saturated carbocycles. The molecule has 0 fully saturated rings. The van der Waals surface area contributed by atoms with Crippen molar-refractivity contribution in [2.24, 2.45) is 0 Å². The quantitative estimate of drug-likeness (QED) is 0.408. The number of hydrogen-bond acceptors (Lipinski definition) is 5. The predicted octanol–water partition coefficient (Wildman–Crippen LogP) is 4.76. The summed E-state index contributed by atoms with van der Waals surface area (Å²) in [5, 5.41) is 4.45. The first kappa shape index (κ1) is 22.4. The van der Waals surface area contributed by atoms with Crippen LogP contribution in [-0.4, -0.2) is 23.4 Å². The summed E-state index contributed by atoms with van der Waals surface area (Å²) in [6.07, 6.45) is 0. The first-order valence-electron chi connectivity index (χ1n) is 11.9. The molecule has 0 saturated heterocycles. The number of fused-ring (bicyclic) bond motifs is 2. The predicted molar refractivity (Wildman–Crippen MR) is 139 cm³/mol. The summed E-state index contributed by atoms with van der Waals surface area (Å²) < 4.78 is 12.3. The summed E-state index contributed by atoms with van der Waals surface area (Å²) in [6.45, 7) is -0.247. The van der Waals surface area contributed by atoms with Gasteiger partial charge in [0.05, 0.1) is 11.3 Å². The van der Waals surface area contributed by atoms with E-state index >= 15 is 0 Å². The van der Waals surface area contributed by atoms with Crippen LogP contribution in [0.5, 0.6) is 5.75 Å². The van der Waals surface area contributed by atoms with Crippen molar-refractivity contribution in [2.45, 2.75) is 5.72 Å². The maximum absolute atomic E-state index is 13.7. The van der Waals surface area contributed by atoms with Crippen molar-refractivity contribution in [1.82, 2.24) is 10.4 Å². The Hall–Kier alpha value is -5.04. The number of carbonyl (C=O) groups is 2. The Morgan fingerprint density at radius 1 is 0.811 bits per heavy atom. The van der Waals surface area contributed by atoms with Gasteiger partial charge in [0.15, 0.2) is 12.4 Å². The lowest BCUT2D eigenvalue weighted by atomic mass is 10.0. The van der Waals surface area contributed by atoms with Crippen molar-refractivity contribution in [2.75, 3.05) is 11.9 Å². The Morgan fingerprint density at radius 2 is 1.41 bits per heavy atom. The van der Waals surface area contributed by atoms with Gasteiger partial charge in [0, 0.05) is 11.1 Å². The lowest BCUT2D eigenvalue weighted by molar-refractivity contribution is -0.154. The standard InChI is InChI=1S/C30H23N3O4/c34-26(20-36-23-16-8-3-9-17-23)32-33-27(21-12-4-1-5-13-21)28(22-14-6-2-7-15-22)37-30(33)24-18-10-11-19-25(24)31-29(30)35/h1-19H,20H2,(H,31,35)(H,32,34). The number of anilines is 1. The molecule has 1 atom stereocenters. The van der Waals surface area contributed by atoms with Gasteiger partial charge in [-0.15, -0.1) is 0 Å². The number of hydrazine groups is 1. The molecule has 6 rings (SSSR count). The van der Waals surface area contributed by atoms with E-state index in [1.165, 1.54) is 5.01 Å². The third kappa shape index (κ3) is 3.87. The van der Waals surface area contributed by atoms with Crippen LogP contribution < -0.4 is 15.5 Å². The molecule has 0 radical (unpaired) electrons. The number of hydrogen-bond donors (Lipinski definition) is 2. The van der Waals surface area contributed by atoms with Crippen molar-refractivity contribution < 1.29 is 19.1 Å². The maximum atomic E-state index is 13.7. The van der Waals surface area contributed by atoms with Gasteiger partial charge in [-0.3, -0.25) is 15.0 Å². The molecule has 4 aromatic carbocycles. The third-order valence-electron chi connectivity index (χ3n) is 6.28. The molecule has 0 bridgehead atoms. The van der Waals surface area contributed by atoms with Crippen molar-refractivity contribution in [3.8, 4) is 5.75 Å². The van der Waals surface area contributed by atoms with Crippen LogP contribution in [0.15, 0.2) is 115 Å². The average Bonchev–Trinajstić information content (AvgIpc) is 3.44. The van der Waals surface area contributed by atoms with Crippen LogP contribution in [0.2, 0.25) is 0 Å². The topological polar surface area (TPSA) is 79.9 Å². The smallest absolute Gasteiger partial charge is 0.308 e. The molecule has 2 heterocycles. The molecule has 1 unspecified atom stereocenters. The van der Waals surface area contributed by atoms with E-state index in [1.54, 1.807) is 12.1 Å². The molecule has 0 aliphatic carbocycles. The summed E-state index contributed by atoms with van der Waals surface area (Å²) in [5.74, 6) is 0.199. The van der Waals surface area contributed by atoms with E-state index in [4.69, 9.17) is 9.47 Å². The fourth-order valence-electron chi connectivity index (χ4n) is 4.64. The van der Waals surface area contributed by atoms with Gasteiger partial charge in [0.25, 0.3) is 11.8 Å². The first-order valence-corrected chi connectivity index (χ1v) is 11.9. The Kier molecular flexibility index (Phi) is 5.58. The van der Waals surface area contributed by atoms with E-state index in [0.29, 0.717) is 28.5 Å². The summed E-state index contributed by atoms with van der Waals surface area (Å²) >= 11 is 0. The van der Waals surface area contributed by atoms with Crippen LogP contribution in [-0.2, 0) is 20.1 Å². The fraction of sp³-hybridized carbons (Fsp3) is 0.0667. The van der Waals surface area contributed by atoms with Gasteiger partial charge in [-0.2, -0.15) is 0 Å². The second-order valence-corrected chi connectivity index (χ2v) is 8.63. The highest BCUT2D eigenvalue weighted by Gasteiger charge is 2.60. The number of amides is 2. The minimum absolute atomic E-state index is 0.247. The van der Waals surface area contributed by atoms with E-state index in [2.05, 4.69) is 10.7 Å². The highest BCUT2D eigenvalue weighted by molar-refractivity contribution is 6.08. The highest BCUT2D eigenvalue weighted by Crippen LogP contribution is 2.52. The molecule has 7 nitrogen and oxygen atoms in total. The minimum atomic E-state index is -1.64. The maximum Gasteiger partial charge on any atom is 0.308 e. The largest absolute Gasteiger partial charge is 0.484 e. The molecular formula is C30H23N3O4. The van der Waals surface area contributed by atoms with E-state index in [0.717, 1.165) is 11.1 Å². The fourth-order valence-corrected chi connectivity index (χ4v) is 4.64. The number of nitrogens with zero attached hydrogens (tertiary/aromatic N) is 1. The lowest BCUT2D eigenvalue weighted by Gasteiger charge is -2.34. The number of para-hydroxylation sites is 2. The third-order valence-corrected chi connectivity index (χ3v) is 6.28. The SMILES string of the molecule is O=C(COc1ccccc1)NN1C(c2ccccc2)=C(c2ccccc2)OC12C(=O)Nc1ccccc12. The van der Waals surface area contributed by atoms with Gasteiger partial charge in [-0.05, 0) is 18.2 Å². The monoisotopic (exact) mass is 489 g/mol. The van der Waals surface area contributed by atoms with E-state index in [1.807, 2.05) is 103 Å². The van der Waals surface area contributed by atoms with Crippen LogP contribution in [0.3, 0.4) is 0 Å². The van der Waals surface area contributed by atoms with Crippen LogP contribution in [0.25, 0.3) is 11.5 Å². The zero-order valence-electron chi connectivity index (χ0n) is 19.8. The van der Waals surface area contributed by atoms with Gasteiger partial charge < -0.3 is 14.8 Å². The van der Waals surface area contributed by atoms with Crippen LogP contribution in [0.1, 0.15) is 16.7 Å². The number of nitrogens with one attached hydrogen (secondary N) is 2. The van der Waals surface area contributed by atoms with E-state index < -0.39 is 17.5 Å². The minimum Gasteiger partial charge on any atom is -0.484 e. The van der Waals surface area contributed by atoms with Crippen molar-refractivity contribution >= 4 is 29.0 Å². The lowest BCUT2D eigenvalue weighted by Crippen LogP contribution is -2.56. The van der Waals surface area contributed by atoms with Gasteiger partial charge in [0.2, 0.25) is 0 Å². The Labute approximate surface area is 213 Å². The van der Waals surface area contributed by atoms with Crippen LogP contribution >= 0.6 is 0 Å². The molecule has 1 spiro atoms. The van der Waals surface area contributed by atoms with Crippen LogP contribution in [0.4, 0.5) is 5.69 Å². The summed E-state index contributed by atoms with van der Waals surface area (Å²) in [6, 6.07) is 35.5. The van der Waals surface area contributed by atoms with Gasteiger partial charge >= 0.3 is 5.72 Å². The van der Waals surface area contributed by atoms with Gasteiger partial charge in [0.1, 0.15) is 11.4 Å². The number of rotatable bonds is 6. The molecule has 2 N–H and O–H groups in total. The highest BCUT2D eigenvalue weighted by atomic mass is 16.5. The molecule has 4 aromatic rings. The second-order valence-electron chi connectivity index (χ2n) is 8.63. The van der Waals surface area contributed by atoms with Gasteiger partial charge in [-0.25, -0.2) is 5.01 Å². The Balaban J connectivity index is 1.47. The normalized spacial score (nSPS) is 17.8. The Bertz CT molecular complexity index is 1490. The average molecular weight is 490 g/mol. The zero-order chi connectivity index (χ0) is 25.2. The number of ether oxygens (including phenoxy) is 2. The molecule has 2 aliphatic rings. The molecule has 2 amide bonds. The molecular weight excluding hydrogens is 466 g/mol. The molecule has 2 aliphatic heterocycles. The molecule has 7 heteroatoms. The molecule has 37 heavy (non-hydrogen) atoms. The second kappa shape index (κ2) is 9.20. The van der Waals surface area contributed by atoms with Crippen molar-refractivity contribution in [1.29, 1.82) is 0 Å². The van der Waals surface area contributed by atoms with Crippen molar-refractivity contribution in [3.05, 3.63) is 132 Å². The Morgan fingerprint density at radius 3 is 2.11 bits per heavy atom. The first-order chi connectivity index (χ1) is 18.2. The number of benzene rings is 4. The molecule has 0 aromatic heterocycles. The van der Waals surface area contributed by atoms with Crippen LogP contribution in [0, 0.1) is 0 Å².